The molecule has 0 aliphatic rings. The zero-order chi connectivity index (χ0) is 9.97. The van der Waals surface area contributed by atoms with Gasteiger partial charge in [0.25, 0.3) is 0 Å². The first-order valence-electron chi connectivity index (χ1n) is 4.50. The molecule has 0 nitrogen and oxygen atoms in total. The molecular formula is C13H10F. The molecule has 14 heavy (non-hydrogen) atoms. The minimum Gasteiger partial charge on any atom is -0.207 e. The van der Waals surface area contributed by atoms with Crippen molar-refractivity contribution in [3.63, 3.8) is 0 Å². The Balaban J connectivity index is 2.49. The van der Waals surface area contributed by atoms with Crippen LogP contribution in [0.2, 0.25) is 0 Å². The first-order chi connectivity index (χ1) is 6.75. The molecule has 0 fully saturated rings. The highest BCUT2D eigenvalue weighted by atomic mass is 19.1. The van der Waals surface area contributed by atoms with Gasteiger partial charge in [0.1, 0.15) is 5.82 Å². The number of halogens is 1. The van der Waals surface area contributed by atoms with Crippen LogP contribution in [-0.2, 0) is 0 Å². The van der Waals surface area contributed by atoms with Gasteiger partial charge in [-0.3, -0.25) is 0 Å². The number of rotatable bonds is 1. The van der Waals surface area contributed by atoms with Crippen molar-refractivity contribution in [3.05, 3.63) is 59.9 Å². The fourth-order valence-corrected chi connectivity index (χ4v) is 1.42. The van der Waals surface area contributed by atoms with E-state index < -0.39 is 0 Å². The highest BCUT2D eigenvalue weighted by Gasteiger charge is 1.98. The SMILES string of the molecule is Cc1cccc(-c2[c]ccc(F)c2)c1. The van der Waals surface area contributed by atoms with Gasteiger partial charge >= 0.3 is 0 Å². The third-order valence-electron chi connectivity index (χ3n) is 2.09. The molecule has 0 saturated carbocycles. The first kappa shape index (κ1) is 8.95. The van der Waals surface area contributed by atoms with E-state index in [1.165, 1.54) is 17.7 Å². The summed E-state index contributed by atoms with van der Waals surface area (Å²) in [6.07, 6.45) is 0. The van der Waals surface area contributed by atoms with Crippen molar-refractivity contribution in [2.24, 2.45) is 0 Å². The Hall–Kier alpha value is -1.63. The van der Waals surface area contributed by atoms with Crippen LogP contribution in [0.3, 0.4) is 0 Å². The highest BCUT2D eigenvalue weighted by molar-refractivity contribution is 5.63. The summed E-state index contributed by atoms with van der Waals surface area (Å²) in [5, 5.41) is 0. The van der Waals surface area contributed by atoms with Crippen molar-refractivity contribution in [1.82, 2.24) is 0 Å². The molecule has 1 heteroatoms. The molecule has 2 aromatic carbocycles. The lowest BCUT2D eigenvalue weighted by atomic mass is 10.0. The quantitative estimate of drug-likeness (QED) is 0.636. The summed E-state index contributed by atoms with van der Waals surface area (Å²) < 4.78 is 12.9. The Morgan fingerprint density at radius 2 is 2.00 bits per heavy atom. The molecule has 0 aliphatic carbocycles. The van der Waals surface area contributed by atoms with Crippen molar-refractivity contribution < 1.29 is 4.39 Å². The van der Waals surface area contributed by atoms with Crippen LogP contribution in [0.25, 0.3) is 11.1 Å². The standard InChI is InChI=1S/C13H10F/c1-10-4-2-5-11(8-10)12-6-3-7-13(14)9-12/h2-5,7-9H,1H3. The molecule has 0 N–H and O–H groups in total. The molecule has 0 amide bonds. The van der Waals surface area contributed by atoms with Crippen LogP contribution in [0, 0.1) is 18.8 Å². The van der Waals surface area contributed by atoms with E-state index in [1.807, 2.05) is 31.2 Å². The topological polar surface area (TPSA) is 0 Å². The molecule has 0 heterocycles. The van der Waals surface area contributed by atoms with Gasteiger partial charge < -0.3 is 0 Å². The molecule has 0 bridgehead atoms. The van der Waals surface area contributed by atoms with Crippen LogP contribution in [-0.4, -0.2) is 0 Å². The second-order valence-electron chi connectivity index (χ2n) is 3.29. The monoisotopic (exact) mass is 185 g/mol. The molecule has 0 aliphatic heterocycles. The molecule has 2 rings (SSSR count). The molecule has 0 saturated heterocycles. The van der Waals surface area contributed by atoms with E-state index in [-0.39, 0.29) is 5.82 Å². The maximum Gasteiger partial charge on any atom is 0.123 e. The Bertz CT molecular complexity index is 403. The summed E-state index contributed by atoms with van der Waals surface area (Å²) in [6, 6.07) is 15.5. The van der Waals surface area contributed by atoms with Gasteiger partial charge in [-0.1, -0.05) is 35.9 Å². The summed E-state index contributed by atoms with van der Waals surface area (Å²) in [4.78, 5) is 0. The number of hydrogen-bond acceptors (Lipinski definition) is 0. The lowest BCUT2D eigenvalue weighted by Gasteiger charge is -2.01. The Kier molecular flexibility index (Phi) is 2.32. The smallest absolute Gasteiger partial charge is 0.123 e. The Morgan fingerprint density at radius 1 is 1.14 bits per heavy atom. The van der Waals surface area contributed by atoms with E-state index in [2.05, 4.69) is 6.07 Å². The molecular weight excluding hydrogens is 175 g/mol. The molecule has 69 valence electrons. The van der Waals surface area contributed by atoms with E-state index in [1.54, 1.807) is 6.07 Å². The summed E-state index contributed by atoms with van der Waals surface area (Å²) in [5.74, 6) is -0.222. The Morgan fingerprint density at radius 3 is 2.71 bits per heavy atom. The zero-order valence-corrected chi connectivity index (χ0v) is 7.92. The van der Waals surface area contributed by atoms with E-state index in [4.69, 9.17) is 0 Å². The maximum atomic E-state index is 12.9. The normalized spacial score (nSPS) is 10.1. The average Bonchev–Trinajstić information content (AvgIpc) is 2.18. The molecule has 0 atom stereocenters. The van der Waals surface area contributed by atoms with Crippen LogP contribution in [0.5, 0.6) is 0 Å². The van der Waals surface area contributed by atoms with Crippen molar-refractivity contribution in [3.8, 4) is 11.1 Å². The minimum absolute atomic E-state index is 0.222. The molecule has 0 unspecified atom stereocenters. The van der Waals surface area contributed by atoms with Gasteiger partial charge in [-0.15, -0.1) is 0 Å². The molecule has 0 spiro atoms. The van der Waals surface area contributed by atoms with Crippen LogP contribution < -0.4 is 0 Å². The van der Waals surface area contributed by atoms with Gasteiger partial charge in [-0.05, 0) is 36.2 Å². The maximum absolute atomic E-state index is 12.9. The second-order valence-corrected chi connectivity index (χ2v) is 3.29. The van der Waals surface area contributed by atoms with E-state index in [0.717, 1.165) is 11.1 Å². The molecule has 0 aromatic heterocycles. The van der Waals surface area contributed by atoms with E-state index in [9.17, 15) is 4.39 Å². The highest BCUT2D eigenvalue weighted by Crippen LogP contribution is 2.20. The third kappa shape index (κ3) is 1.82. The predicted molar refractivity (Wildman–Crippen MR) is 55.4 cm³/mol. The lowest BCUT2D eigenvalue weighted by molar-refractivity contribution is 0.628. The number of benzene rings is 2. The van der Waals surface area contributed by atoms with Gasteiger partial charge in [-0.2, -0.15) is 0 Å². The zero-order valence-electron chi connectivity index (χ0n) is 7.92. The van der Waals surface area contributed by atoms with Gasteiger partial charge in [-0.25, -0.2) is 4.39 Å². The fourth-order valence-electron chi connectivity index (χ4n) is 1.42. The molecule has 1 radical (unpaired) electrons. The van der Waals surface area contributed by atoms with Crippen LogP contribution in [0.1, 0.15) is 5.56 Å². The lowest BCUT2D eigenvalue weighted by Crippen LogP contribution is -1.81. The predicted octanol–water partition coefficient (Wildman–Crippen LogP) is 3.60. The van der Waals surface area contributed by atoms with Gasteiger partial charge in [0.05, 0.1) is 0 Å². The van der Waals surface area contributed by atoms with Gasteiger partial charge in [0.2, 0.25) is 0 Å². The van der Waals surface area contributed by atoms with E-state index in [0.29, 0.717) is 0 Å². The van der Waals surface area contributed by atoms with Gasteiger partial charge in [0, 0.05) is 0 Å². The molecule has 2 aromatic rings. The number of hydrogen-bond donors (Lipinski definition) is 0. The summed E-state index contributed by atoms with van der Waals surface area (Å²) in [5.41, 5.74) is 2.97. The van der Waals surface area contributed by atoms with Crippen molar-refractivity contribution in [2.45, 2.75) is 6.92 Å². The van der Waals surface area contributed by atoms with E-state index >= 15 is 0 Å². The van der Waals surface area contributed by atoms with Crippen LogP contribution >= 0.6 is 0 Å². The second kappa shape index (κ2) is 3.62. The Labute approximate surface area is 83.0 Å². The van der Waals surface area contributed by atoms with Crippen molar-refractivity contribution in [2.75, 3.05) is 0 Å². The first-order valence-corrected chi connectivity index (χ1v) is 4.50. The largest absolute Gasteiger partial charge is 0.207 e. The average molecular weight is 185 g/mol. The van der Waals surface area contributed by atoms with Crippen molar-refractivity contribution in [1.29, 1.82) is 0 Å². The summed E-state index contributed by atoms with van der Waals surface area (Å²) in [6.45, 7) is 2.02. The fraction of sp³-hybridized carbons (Fsp3) is 0.0769. The van der Waals surface area contributed by atoms with Crippen molar-refractivity contribution >= 4 is 0 Å². The van der Waals surface area contributed by atoms with Gasteiger partial charge in [0.15, 0.2) is 0 Å². The summed E-state index contributed by atoms with van der Waals surface area (Å²) in [7, 11) is 0. The third-order valence-corrected chi connectivity index (χ3v) is 2.09. The number of aryl methyl sites for hydroxylation is 1. The minimum atomic E-state index is -0.222. The van der Waals surface area contributed by atoms with Crippen LogP contribution in [0.15, 0.2) is 42.5 Å². The van der Waals surface area contributed by atoms with Crippen LogP contribution in [0.4, 0.5) is 4.39 Å². The summed E-state index contributed by atoms with van der Waals surface area (Å²) >= 11 is 0.